The molecule has 5 rings (SSSR count). The zero-order valence-electron chi connectivity index (χ0n) is 20.7. The van der Waals surface area contributed by atoms with E-state index in [0.29, 0.717) is 45.5 Å². The van der Waals surface area contributed by atoms with Crippen LogP contribution in [0.3, 0.4) is 0 Å². The van der Waals surface area contributed by atoms with E-state index in [9.17, 15) is 14.7 Å². The number of furan rings is 1. The SMILES string of the molecule is Cc1cccc(N2C(=O)C(O)=C(C(=O)c3cc4cc(Cl)ccc4o3)C2c2cccc(OCC(C)C)c2)c1. The van der Waals surface area contributed by atoms with E-state index in [1.807, 2.05) is 43.3 Å². The van der Waals surface area contributed by atoms with Crippen LogP contribution in [0.25, 0.3) is 11.0 Å². The lowest BCUT2D eigenvalue weighted by Crippen LogP contribution is -2.31. The number of carbonyl (C=O) groups is 2. The maximum atomic E-state index is 13.8. The number of anilines is 1. The molecule has 1 aliphatic heterocycles. The van der Waals surface area contributed by atoms with Gasteiger partial charge in [-0.25, -0.2) is 0 Å². The second-order valence-electron chi connectivity index (χ2n) is 9.58. The summed E-state index contributed by atoms with van der Waals surface area (Å²) >= 11 is 6.10. The molecule has 1 amide bonds. The van der Waals surface area contributed by atoms with Crippen molar-refractivity contribution in [2.45, 2.75) is 26.8 Å². The number of benzene rings is 3. The summed E-state index contributed by atoms with van der Waals surface area (Å²) in [6.07, 6.45) is 0. The molecule has 0 aliphatic carbocycles. The van der Waals surface area contributed by atoms with Gasteiger partial charge < -0.3 is 14.3 Å². The van der Waals surface area contributed by atoms with E-state index >= 15 is 0 Å². The van der Waals surface area contributed by atoms with E-state index in [1.165, 1.54) is 4.90 Å². The van der Waals surface area contributed by atoms with Crippen molar-refractivity contribution < 1.29 is 23.8 Å². The Morgan fingerprint density at radius 1 is 1.08 bits per heavy atom. The summed E-state index contributed by atoms with van der Waals surface area (Å²) < 4.78 is 11.7. The average Bonchev–Trinajstić information content (AvgIpc) is 3.41. The summed E-state index contributed by atoms with van der Waals surface area (Å²) in [4.78, 5) is 28.7. The molecule has 1 aromatic heterocycles. The number of hydrogen-bond donors (Lipinski definition) is 1. The smallest absolute Gasteiger partial charge is 0.294 e. The van der Waals surface area contributed by atoms with Gasteiger partial charge in [-0.3, -0.25) is 14.5 Å². The molecule has 4 aromatic rings. The molecule has 1 aliphatic rings. The molecule has 0 fully saturated rings. The van der Waals surface area contributed by atoms with Crippen molar-refractivity contribution in [2.24, 2.45) is 5.92 Å². The summed E-state index contributed by atoms with van der Waals surface area (Å²) in [5, 5.41) is 12.2. The Labute approximate surface area is 219 Å². The number of aryl methyl sites for hydroxylation is 1. The first kappa shape index (κ1) is 24.7. The first-order chi connectivity index (χ1) is 17.7. The number of ether oxygens (including phenoxy) is 1. The van der Waals surface area contributed by atoms with Gasteiger partial charge >= 0.3 is 0 Å². The molecule has 0 spiro atoms. The number of ketones is 1. The first-order valence-corrected chi connectivity index (χ1v) is 12.4. The molecule has 1 unspecified atom stereocenters. The van der Waals surface area contributed by atoms with Crippen LogP contribution in [0.4, 0.5) is 5.69 Å². The quantitative estimate of drug-likeness (QED) is 0.263. The third-order valence-electron chi connectivity index (χ3n) is 6.19. The lowest BCUT2D eigenvalue weighted by molar-refractivity contribution is -0.117. The summed E-state index contributed by atoms with van der Waals surface area (Å²) in [5.74, 6) is -0.903. The van der Waals surface area contributed by atoms with Crippen molar-refractivity contribution in [3.63, 3.8) is 0 Å². The van der Waals surface area contributed by atoms with Crippen molar-refractivity contribution in [2.75, 3.05) is 11.5 Å². The van der Waals surface area contributed by atoms with E-state index in [2.05, 4.69) is 13.8 Å². The number of nitrogens with zero attached hydrogens (tertiary/aromatic N) is 1. The molecule has 37 heavy (non-hydrogen) atoms. The molecule has 7 heteroatoms. The number of fused-ring (bicyclic) bond motifs is 1. The highest BCUT2D eigenvalue weighted by atomic mass is 35.5. The normalized spacial score (nSPS) is 15.8. The summed E-state index contributed by atoms with van der Waals surface area (Å²) in [7, 11) is 0. The standard InChI is InChI=1S/C30H26ClNO5/c1-17(2)16-36-23-9-5-7-19(14-23)27-26(28(33)25-15-20-13-21(31)10-11-24(20)37-25)29(34)30(35)32(27)22-8-4-6-18(3)12-22/h4-15,17,27,34H,16H2,1-3H3. The van der Waals surface area contributed by atoms with Crippen LogP contribution in [-0.4, -0.2) is 23.4 Å². The molecule has 6 nitrogen and oxygen atoms in total. The second kappa shape index (κ2) is 9.79. The van der Waals surface area contributed by atoms with Crippen LogP contribution in [0.5, 0.6) is 5.75 Å². The molecule has 0 bridgehead atoms. The van der Waals surface area contributed by atoms with Crippen LogP contribution in [0.15, 0.2) is 88.5 Å². The number of amides is 1. The Bertz CT molecular complexity index is 1550. The highest BCUT2D eigenvalue weighted by Crippen LogP contribution is 2.43. The highest BCUT2D eigenvalue weighted by Gasteiger charge is 2.45. The molecular formula is C30H26ClNO5. The van der Waals surface area contributed by atoms with Gasteiger partial charge in [0.25, 0.3) is 5.91 Å². The highest BCUT2D eigenvalue weighted by molar-refractivity contribution is 6.31. The van der Waals surface area contributed by atoms with Gasteiger partial charge in [0, 0.05) is 16.1 Å². The molecule has 1 N–H and O–H groups in total. The van der Waals surface area contributed by atoms with E-state index in [0.717, 1.165) is 5.56 Å². The Balaban J connectivity index is 1.63. The van der Waals surface area contributed by atoms with Gasteiger partial charge in [0.15, 0.2) is 11.5 Å². The number of carbonyl (C=O) groups excluding carboxylic acids is 2. The topological polar surface area (TPSA) is 80.0 Å². The van der Waals surface area contributed by atoms with Gasteiger partial charge in [0.2, 0.25) is 5.78 Å². The van der Waals surface area contributed by atoms with Crippen LogP contribution in [0.1, 0.15) is 41.6 Å². The Hall–Kier alpha value is -4.03. The number of rotatable bonds is 7. The van der Waals surface area contributed by atoms with E-state index < -0.39 is 23.5 Å². The first-order valence-electron chi connectivity index (χ1n) is 12.0. The fraction of sp³-hybridized carbons (Fsp3) is 0.200. The molecule has 2 heterocycles. The van der Waals surface area contributed by atoms with Gasteiger partial charge in [-0.1, -0.05) is 49.7 Å². The summed E-state index contributed by atoms with van der Waals surface area (Å²) in [5.41, 5.74) is 2.55. The Kier molecular flexibility index (Phi) is 6.52. The number of halogens is 1. The molecule has 0 radical (unpaired) electrons. The fourth-order valence-electron chi connectivity index (χ4n) is 4.49. The largest absolute Gasteiger partial charge is 0.503 e. The van der Waals surface area contributed by atoms with Crippen LogP contribution < -0.4 is 9.64 Å². The fourth-order valence-corrected chi connectivity index (χ4v) is 4.67. The van der Waals surface area contributed by atoms with Gasteiger partial charge in [0.05, 0.1) is 18.2 Å². The van der Waals surface area contributed by atoms with Crippen LogP contribution in [-0.2, 0) is 4.79 Å². The maximum Gasteiger partial charge on any atom is 0.294 e. The minimum atomic E-state index is -0.888. The third-order valence-corrected chi connectivity index (χ3v) is 6.43. The Morgan fingerprint density at radius 3 is 2.62 bits per heavy atom. The zero-order valence-corrected chi connectivity index (χ0v) is 21.5. The Morgan fingerprint density at radius 2 is 1.86 bits per heavy atom. The van der Waals surface area contributed by atoms with Gasteiger partial charge in [0.1, 0.15) is 11.3 Å². The van der Waals surface area contributed by atoms with E-state index in [4.69, 9.17) is 20.8 Å². The number of aliphatic hydroxyl groups is 1. The number of aliphatic hydroxyl groups excluding tert-OH is 1. The van der Waals surface area contributed by atoms with Crippen molar-refractivity contribution in [3.8, 4) is 5.75 Å². The predicted molar refractivity (Wildman–Crippen MR) is 143 cm³/mol. The molecule has 0 saturated heterocycles. The second-order valence-corrected chi connectivity index (χ2v) is 10.0. The molecule has 3 aromatic carbocycles. The van der Waals surface area contributed by atoms with Crippen molar-refractivity contribution in [3.05, 3.63) is 106 Å². The predicted octanol–water partition coefficient (Wildman–Crippen LogP) is 7.21. The van der Waals surface area contributed by atoms with Crippen LogP contribution in [0, 0.1) is 12.8 Å². The molecule has 188 valence electrons. The van der Waals surface area contributed by atoms with Crippen molar-refractivity contribution in [1.82, 2.24) is 0 Å². The van der Waals surface area contributed by atoms with Gasteiger partial charge in [-0.05, 0) is 72.5 Å². The number of Topliss-reactive ketones (excluding diaryl/α,β-unsaturated/α-hetero) is 1. The lowest BCUT2D eigenvalue weighted by Gasteiger charge is -2.27. The maximum absolute atomic E-state index is 13.8. The van der Waals surface area contributed by atoms with Crippen molar-refractivity contribution in [1.29, 1.82) is 0 Å². The molecule has 1 atom stereocenters. The van der Waals surface area contributed by atoms with E-state index in [1.54, 1.807) is 36.4 Å². The van der Waals surface area contributed by atoms with Crippen LogP contribution in [0.2, 0.25) is 5.02 Å². The summed E-state index contributed by atoms with van der Waals surface area (Å²) in [6, 6.07) is 20.3. The minimum Gasteiger partial charge on any atom is -0.503 e. The lowest BCUT2D eigenvalue weighted by atomic mass is 9.94. The van der Waals surface area contributed by atoms with Gasteiger partial charge in [-0.15, -0.1) is 0 Å². The minimum absolute atomic E-state index is 0.00919. The monoisotopic (exact) mass is 515 g/mol. The summed E-state index contributed by atoms with van der Waals surface area (Å²) in [6.45, 7) is 6.54. The van der Waals surface area contributed by atoms with Crippen molar-refractivity contribution >= 4 is 39.9 Å². The van der Waals surface area contributed by atoms with Crippen LogP contribution >= 0.6 is 11.6 Å². The van der Waals surface area contributed by atoms with Gasteiger partial charge in [-0.2, -0.15) is 0 Å². The number of hydrogen-bond acceptors (Lipinski definition) is 5. The molecular weight excluding hydrogens is 490 g/mol. The average molecular weight is 516 g/mol. The molecule has 0 saturated carbocycles. The van der Waals surface area contributed by atoms with E-state index in [-0.39, 0.29) is 11.3 Å². The zero-order chi connectivity index (χ0) is 26.3. The third kappa shape index (κ3) is 4.72.